The summed E-state index contributed by atoms with van der Waals surface area (Å²) < 4.78 is 39.4. The van der Waals surface area contributed by atoms with Crippen LogP contribution in [-0.2, 0) is 10.0 Å². The Balaban J connectivity index is 2.02. The largest absolute Gasteiger partial charge is 0.240 e. The zero-order valence-electron chi connectivity index (χ0n) is 10.4. The van der Waals surface area contributed by atoms with Crippen molar-refractivity contribution in [2.45, 2.75) is 37.5 Å². The van der Waals surface area contributed by atoms with Crippen LogP contribution in [0.3, 0.4) is 0 Å². The van der Waals surface area contributed by atoms with Gasteiger partial charge in [-0.25, -0.2) is 17.5 Å². The fourth-order valence-corrected chi connectivity index (χ4v) is 3.32. The van der Waals surface area contributed by atoms with Gasteiger partial charge >= 0.3 is 0 Å². The minimum atomic E-state index is -3.51. The molecule has 5 heteroatoms. The van der Waals surface area contributed by atoms with Crippen molar-refractivity contribution < 1.29 is 12.8 Å². The maximum absolute atomic E-state index is 12.7. The molecule has 1 fully saturated rings. The first-order valence-corrected chi connectivity index (χ1v) is 7.71. The van der Waals surface area contributed by atoms with Crippen LogP contribution in [0, 0.1) is 11.2 Å². The first kappa shape index (κ1) is 13.5. The summed E-state index contributed by atoms with van der Waals surface area (Å²) in [7, 11) is -3.51. The van der Waals surface area contributed by atoms with Gasteiger partial charge in [0.15, 0.2) is 0 Å². The zero-order valence-corrected chi connectivity index (χ0v) is 11.3. The fraction of sp³-hybridized carbons (Fsp3) is 0.538. The van der Waals surface area contributed by atoms with E-state index in [1.165, 1.54) is 12.1 Å². The molecule has 2 rings (SSSR count). The van der Waals surface area contributed by atoms with Gasteiger partial charge < -0.3 is 0 Å². The van der Waals surface area contributed by atoms with Crippen LogP contribution >= 0.6 is 0 Å². The Hall–Kier alpha value is -0.940. The SMILES string of the molecule is CCCC1(CNS(=O)(=O)c2ccc(F)cc2)CC1. The van der Waals surface area contributed by atoms with Crippen LogP contribution in [0.1, 0.15) is 32.6 Å². The molecule has 18 heavy (non-hydrogen) atoms. The van der Waals surface area contributed by atoms with Crippen LogP contribution in [0.2, 0.25) is 0 Å². The minimum Gasteiger partial charge on any atom is -0.211 e. The van der Waals surface area contributed by atoms with Gasteiger partial charge in [0.25, 0.3) is 0 Å². The summed E-state index contributed by atoms with van der Waals surface area (Å²) in [6.45, 7) is 2.59. The lowest BCUT2D eigenvalue weighted by Gasteiger charge is -2.15. The number of halogens is 1. The van der Waals surface area contributed by atoms with Gasteiger partial charge in [-0.05, 0) is 48.9 Å². The summed E-state index contributed by atoms with van der Waals surface area (Å²) in [5, 5.41) is 0. The molecule has 0 radical (unpaired) electrons. The van der Waals surface area contributed by atoms with Crippen LogP contribution < -0.4 is 4.72 Å². The molecule has 0 aliphatic heterocycles. The van der Waals surface area contributed by atoms with E-state index in [1.54, 1.807) is 0 Å². The van der Waals surface area contributed by atoms with E-state index in [9.17, 15) is 12.8 Å². The van der Waals surface area contributed by atoms with Crippen molar-refractivity contribution in [3.63, 3.8) is 0 Å². The van der Waals surface area contributed by atoms with E-state index >= 15 is 0 Å². The first-order valence-electron chi connectivity index (χ1n) is 6.23. The van der Waals surface area contributed by atoms with Crippen molar-refractivity contribution >= 4 is 10.0 Å². The highest BCUT2D eigenvalue weighted by molar-refractivity contribution is 7.89. The molecule has 0 spiro atoms. The van der Waals surface area contributed by atoms with Gasteiger partial charge in [-0.3, -0.25) is 0 Å². The number of hydrogen-bond donors (Lipinski definition) is 1. The molecular weight excluding hydrogens is 253 g/mol. The molecule has 100 valence electrons. The Morgan fingerprint density at radius 2 is 1.89 bits per heavy atom. The van der Waals surface area contributed by atoms with Gasteiger partial charge in [0.1, 0.15) is 5.82 Å². The molecule has 1 aromatic rings. The van der Waals surface area contributed by atoms with Crippen LogP contribution in [0.15, 0.2) is 29.2 Å². The van der Waals surface area contributed by atoms with Crippen LogP contribution in [0.25, 0.3) is 0 Å². The smallest absolute Gasteiger partial charge is 0.211 e. The molecule has 0 saturated heterocycles. The summed E-state index contributed by atoms with van der Waals surface area (Å²) in [6, 6.07) is 4.90. The number of hydrogen-bond acceptors (Lipinski definition) is 2. The van der Waals surface area contributed by atoms with E-state index in [0.29, 0.717) is 6.54 Å². The average Bonchev–Trinajstić information content (AvgIpc) is 3.08. The van der Waals surface area contributed by atoms with Crippen molar-refractivity contribution in [2.75, 3.05) is 6.54 Å². The number of rotatable bonds is 6. The van der Waals surface area contributed by atoms with Crippen LogP contribution in [0.5, 0.6) is 0 Å². The number of benzene rings is 1. The van der Waals surface area contributed by atoms with Crippen molar-refractivity contribution in [3.05, 3.63) is 30.1 Å². The summed E-state index contributed by atoms with van der Waals surface area (Å²) in [6.07, 6.45) is 4.30. The summed E-state index contributed by atoms with van der Waals surface area (Å²) in [4.78, 5) is 0.121. The predicted molar refractivity (Wildman–Crippen MR) is 68.2 cm³/mol. The lowest BCUT2D eigenvalue weighted by molar-refractivity contribution is 0.449. The number of sulfonamides is 1. The van der Waals surface area contributed by atoms with E-state index in [1.807, 2.05) is 0 Å². The highest BCUT2D eigenvalue weighted by Crippen LogP contribution is 2.49. The van der Waals surface area contributed by atoms with Crippen LogP contribution in [-0.4, -0.2) is 15.0 Å². The second-order valence-electron chi connectivity index (χ2n) is 5.03. The molecule has 3 nitrogen and oxygen atoms in total. The normalized spacial score (nSPS) is 17.7. The molecular formula is C13H18FNO2S. The number of nitrogens with one attached hydrogen (secondary N) is 1. The Bertz CT molecular complexity index is 506. The topological polar surface area (TPSA) is 46.2 Å². The third-order valence-electron chi connectivity index (χ3n) is 3.50. The lowest BCUT2D eigenvalue weighted by Crippen LogP contribution is -2.30. The van der Waals surface area contributed by atoms with Gasteiger partial charge in [-0.2, -0.15) is 0 Å². The van der Waals surface area contributed by atoms with Crippen molar-refractivity contribution in [1.29, 1.82) is 0 Å². The molecule has 1 aromatic carbocycles. The molecule has 0 atom stereocenters. The summed E-state index contributed by atoms with van der Waals surface area (Å²) in [5.41, 5.74) is 0.169. The summed E-state index contributed by atoms with van der Waals surface area (Å²) in [5.74, 6) is -0.432. The molecule has 0 unspecified atom stereocenters. The Morgan fingerprint density at radius 1 is 1.28 bits per heavy atom. The molecule has 1 aliphatic rings. The maximum Gasteiger partial charge on any atom is 0.240 e. The zero-order chi connectivity index (χ0) is 13.2. The standard InChI is InChI=1S/C13H18FNO2S/c1-2-7-13(8-9-13)10-15-18(16,17)12-5-3-11(14)4-6-12/h3-6,15H,2,7-10H2,1H3. The van der Waals surface area contributed by atoms with Crippen molar-refractivity contribution in [2.24, 2.45) is 5.41 Å². The van der Waals surface area contributed by atoms with E-state index < -0.39 is 15.8 Å². The van der Waals surface area contributed by atoms with Gasteiger partial charge in [-0.1, -0.05) is 13.3 Å². The second-order valence-corrected chi connectivity index (χ2v) is 6.80. The van der Waals surface area contributed by atoms with Crippen molar-refractivity contribution in [1.82, 2.24) is 4.72 Å². The maximum atomic E-state index is 12.7. The molecule has 1 saturated carbocycles. The second kappa shape index (κ2) is 4.97. The third kappa shape index (κ3) is 3.09. The Kier molecular flexibility index (Phi) is 3.73. The van der Waals surface area contributed by atoms with Gasteiger partial charge in [0.05, 0.1) is 4.90 Å². The Labute approximate surface area is 107 Å². The average molecular weight is 271 g/mol. The molecule has 0 aromatic heterocycles. The van der Waals surface area contributed by atoms with Gasteiger partial charge in [0, 0.05) is 6.54 Å². The highest BCUT2D eigenvalue weighted by Gasteiger charge is 2.42. The van der Waals surface area contributed by atoms with Gasteiger partial charge in [-0.15, -0.1) is 0 Å². The van der Waals surface area contributed by atoms with E-state index in [4.69, 9.17) is 0 Å². The monoisotopic (exact) mass is 271 g/mol. The Morgan fingerprint density at radius 3 is 2.39 bits per heavy atom. The van der Waals surface area contributed by atoms with Crippen LogP contribution in [0.4, 0.5) is 4.39 Å². The van der Waals surface area contributed by atoms with E-state index in [-0.39, 0.29) is 10.3 Å². The molecule has 0 heterocycles. The molecule has 0 amide bonds. The first-order chi connectivity index (χ1) is 8.47. The van der Waals surface area contributed by atoms with E-state index in [0.717, 1.165) is 37.8 Å². The van der Waals surface area contributed by atoms with E-state index in [2.05, 4.69) is 11.6 Å². The lowest BCUT2D eigenvalue weighted by atomic mass is 10.0. The van der Waals surface area contributed by atoms with Gasteiger partial charge in [0.2, 0.25) is 10.0 Å². The van der Waals surface area contributed by atoms with Crippen molar-refractivity contribution in [3.8, 4) is 0 Å². The molecule has 1 N–H and O–H groups in total. The highest BCUT2D eigenvalue weighted by atomic mass is 32.2. The summed E-state index contributed by atoms with van der Waals surface area (Å²) >= 11 is 0. The molecule has 0 bridgehead atoms. The fourth-order valence-electron chi connectivity index (χ4n) is 2.17. The molecule has 1 aliphatic carbocycles. The predicted octanol–water partition coefficient (Wildman–Crippen LogP) is 2.68. The minimum absolute atomic E-state index is 0.121. The third-order valence-corrected chi connectivity index (χ3v) is 4.92. The quantitative estimate of drug-likeness (QED) is 0.864.